The first-order chi connectivity index (χ1) is 7.69. The number of piperidine rings is 1. The molecule has 2 heterocycles. The molecule has 0 aromatic carbocycles. The number of aromatic nitrogens is 2. The molecule has 1 aliphatic heterocycles. The average Bonchev–Trinajstić information content (AvgIpc) is 2.28. The molecule has 5 nitrogen and oxygen atoms in total. The molecule has 2 N–H and O–H groups in total. The highest BCUT2D eigenvalue weighted by Gasteiger charge is 2.20. The minimum absolute atomic E-state index is 0.219. The zero-order valence-electron chi connectivity index (χ0n) is 9.19. The Labute approximate surface area is 99.6 Å². The largest absolute Gasteiger partial charge is 0.381 e. The van der Waals surface area contributed by atoms with Crippen LogP contribution in [0.5, 0.6) is 0 Å². The van der Waals surface area contributed by atoms with Gasteiger partial charge in [0.15, 0.2) is 0 Å². The number of hydrogen-bond donors (Lipinski definition) is 1. The molecule has 0 amide bonds. The zero-order valence-corrected chi connectivity index (χ0v) is 9.94. The standard InChI is InChI=1S/C10H15ClN4O/c1-16-7-2-4-15(5-3-7)9-6-8(11)13-10(12)14-9/h6-7H,2-5H2,1H3,(H2,12,13,14). The van der Waals surface area contributed by atoms with Gasteiger partial charge in [-0.15, -0.1) is 0 Å². The molecule has 0 radical (unpaired) electrons. The number of rotatable bonds is 2. The molecular formula is C10H15ClN4O. The van der Waals surface area contributed by atoms with Crippen LogP contribution in [-0.4, -0.2) is 36.3 Å². The van der Waals surface area contributed by atoms with Gasteiger partial charge in [0.2, 0.25) is 5.95 Å². The van der Waals surface area contributed by atoms with E-state index in [1.165, 1.54) is 0 Å². The average molecular weight is 243 g/mol. The molecule has 0 spiro atoms. The summed E-state index contributed by atoms with van der Waals surface area (Å²) in [6.07, 6.45) is 2.35. The highest BCUT2D eigenvalue weighted by molar-refractivity contribution is 6.29. The van der Waals surface area contributed by atoms with Crippen LogP contribution >= 0.6 is 11.6 Å². The Morgan fingerprint density at radius 1 is 1.44 bits per heavy atom. The van der Waals surface area contributed by atoms with Crippen LogP contribution in [0.3, 0.4) is 0 Å². The van der Waals surface area contributed by atoms with Crippen molar-refractivity contribution in [1.82, 2.24) is 9.97 Å². The molecule has 0 bridgehead atoms. The summed E-state index contributed by atoms with van der Waals surface area (Å²) in [5, 5.41) is 0.386. The molecule has 0 saturated carbocycles. The predicted octanol–water partition coefficient (Wildman–Crippen LogP) is 1.33. The van der Waals surface area contributed by atoms with Crippen molar-refractivity contribution in [2.75, 3.05) is 30.8 Å². The van der Waals surface area contributed by atoms with E-state index >= 15 is 0 Å². The first-order valence-electron chi connectivity index (χ1n) is 5.27. The summed E-state index contributed by atoms with van der Waals surface area (Å²) in [7, 11) is 1.75. The monoisotopic (exact) mass is 242 g/mol. The summed E-state index contributed by atoms with van der Waals surface area (Å²) in [6, 6.07) is 1.74. The van der Waals surface area contributed by atoms with Gasteiger partial charge < -0.3 is 15.4 Å². The summed E-state index contributed by atoms with van der Waals surface area (Å²) in [4.78, 5) is 10.2. The van der Waals surface area contributed by atoms with Crippen molar-refractivity contribution >= 4 is 23.4 Å². The van der Waals surface area contributed by atoms with Crippen molar-refractivity contribution in [3.8, 4) is 0 Å². The second-order valence-electron chi connectivity index (χ2n) is 3.83. The number of nitrogens with zero attached hydrogens (tertiary/aromatic N) is 3. The van der Waals surface area contributed by atoms with Crippen LogP contribution < -0.4 is 10.6 Å². The van der Waals surface area contributed by atoms with E-state index in [0.717, 1.165) is 31.7 Å². The number of ether oxygens (including phenoxy) is 1. The Kier molecular flexibility index (Phi) is 3.46. The van der Waals surface area contributed by atoms with Crippen molar-refractivity contribution in [3.63, 3.8) is 0 Å². The third-order valence-corrected chi connectivity index (χ3v) is 2.99. The molecular weight excluding hydrogens is 228 g/mol. The Morgan fingerprint density at radius 3 is 2.69 bits per heavy atom. The molecule has 1 aliphatic rings. The van der Waals surface area contributed by atoms with Gasteiger partial charge in [-0.2, -0.15) is 4.98 Å². The maximum absolute atomic E-state index is 5.84. The fourth-order valence-electron chi connectivity index (χ4n) is 1.91. The normalized spacial score (nSPS) is 17.8. The molecule has 1 saturated heterocycles. The van der Waals surface area contributed by atoms with Gasteiger partial charge in [-0.3, -0.25) is 0 Å². The molecule has 1 aromatic heterocycles. The second-order valence-corrected chi connectivity index (χ2v) is 4.22. The Bertz CT molecular complexity index is 346. The van der Waals surface area contributed by atoms with Crippen molar-refractivity contribution in [2.45, 2.75) is 18.9 Å². The molecule has 2 rings (SSSR count). The van der Waals surface area contributed by atoms with Gasteiger partial charge in [0.25, 0.3) is 0 Å². The van der Waals surface area contributed by atoms with Crippen LogP contribution in [0.15, 0.2) is 6.07 Å². The van der Waals surface area contributed by atoms with Gasteiger partial charge in [-0.1, -0.05) is 11.6 Å². The molecule has 0 atom stereocenters. The maximum atomic E-state index is 5.84. The van der Waals surface area contributed by atoms with Gasteiger partial charge in [0, 0.05) is 26.3 Å². The minimum atomic E-state index is 0.219. The van der Waals surface area contributed by atoms with E-state index in [-0.39, 0.29) is 5.95 Å². The first kappa shape index (κ1) is 11.4. The third kappa shape index (κ3) is 2.54. The van der Waals surface area contributed by atoms with E-state index in [1.54, 1.807) is 13.2 Å². The predicted molar refractivity (Wildman–Crippen MR) is 63.7 cm³/mol. The highest BCUT2D eigenvalue weighted by atomic mass is 35.5. The van der Waals surface area contributed by atoms with Crippen LogP contribution in [0.4, 0.5) is 11.8 Å². The number of methoxy groups -OCH3 is 1. The van der Waals surface area contributed by atoms with Crippen LogP contribution in [0.25, 0.3) is 0 Å². The SMILES string of the molecule is COC1CCN(c2cc(Cl)nc(N)n2)CC1. The molecule has 0 aliphatic carbocycles. The second kappa shape index (κ2) is 4.84. The summed E-state index contributed by atoms with van der Waals surface area (Å²) >= 11 is 5.84. The van der Waals surface area contributed by atoms with E-state index in [4.69, 9.17) is 22.1 Å². The van der Waals surface area contributed by atoms with E-state index < -0.39 is 0 Å². The van der Waals surface area contributed by atoms with Gasteiger partial charge in [0.05, 0.1) is 6.10 Å². The molecule has 88 valence electrons. The van der Waals surface area contributed by atoms with Gasteiger partial charge in [-0.05, 0) is 12.8 Å². The molecule has 6 heteroatoms. The van der Waals surface area contributed by atoms with Crippen LogP contribution in [-0.2, 0) is 4.74 Å². The van der Waals surface area contributed by atoms with E-state index in [9.17, 15) is 0 Å². The Balaban J connectivity index is 2.08. The Morgan fingerprint density at radius 2 is 2.12 bits per heavy atom. The fourth-order valence-corrected chi connectivity index (χ4v) is 2.09. The summed E-state index contributed by atoms with van der Waals surface area (Å²) in [5.41, 5.74) is 5.56. The smallest absolute Gasteiger partial charge is 0.223 e. The topological polar surface area (TPSA) is 64.3 Å². The van der Waals surface area contributed by atoms with Crippen molar-refractivity contribution in [3.05, 3.63) is 11.2 Å². The molecule has 1 fully saturated rings. The lowest BCUT2D eigenvalue weighted by Crippen LogP contribution is -2.37. The lowest BCUT2D eigenvalue weighted by atomic mass is 10.1. The summed E-state index contributed by atoms with van der Waals surface area (Å²) in [6.45, 7) is 1.82. The lowest BCUT2D eigenvalue weighted by Gasteiger charge is -2.32. The van der Waals surface area contributed by atoms with E-state index in [2.05, 4.69) is 14.9 Å². The quantitative estimate of drug-likeness (QED) is 0.793. The summed E-state index contributed by atoms with van der Waals surface area (Å²) < 4.78 is 5.31. The van der Waals surface area contributed by atoms with Crippen molar-refractivity contribution in [2.24, 2.45) is 0 Å². The Hall–Kier alpha value is -1.07. The number of anilines is 2. The first-order valence-corrected chi connectivity index (χ1v) is 5.64. The number of nitrogens with two attached hydrogens (primary N) is 1. The molecule has 1 aromatic rings. The third-order valence-electron chi connectivity index (χ3n) is 2.80. The van der Waals surface area contributed by atoms with E-state index in [1.807, 2.05) is 0 Å². The van der Waals surface area contributed by atoms with Gasteiger partial charge in [-0.25, -0.2) is 4.98 Å². The van der Waals surface area contributed by atoms with Gasteiger partial charge in [0.1, 0.15) is 11.0 Å². The van der Waals surface area contributed by atoms with Crippen LogP contribution in [0.1, 0.15) is 12.8 Å². The van der Waals surface area contributed by atoms with Crippen molar-refractivity contribution in [1.29, 1.82) is 0 Å². The zero-order chi connectivity index (χ0) is 11.5. The molecule has 0 unspecified atom stereocenters. The van der Waals surface area contributed by atoms with E-state index in [0.29, 0.717) is 11.3 Å². The number of hydrogen-bond acceptors (Lipinski definition) is 5. The van der Waals surface area contributed by atoms with Crippen LogP contribution in [0.2, 0.25) is 5.15 Å². The lowest BCUT2D eigenvalue weighted by molar-refractivity contribution is 0.0818. The van der Waals surface area contributed by atoms with Crippen molar-refractivity contribution < 1.29 is 4.74 Å². The summed E-state index contributed by atoms with van der Waals surface area (Å²) in [5.74, 6) is 1.02. The van der Waals surface area contributed by atoms with Gasteiger partial charge >= 0.3 is 0 Å². The number of halogens is 1. The van der Waals surface area contributed by atoms with Crippen LogP contribution in [0, 0.1) is 0 Å². The molecule has 16 heavy (non-hydrogen) atoms. The highest BCUT2D eigenvalue weighted by Crippen LogP contribution is 2.21. The number of nitrogen functional groups attached to an aromatic ring is 1. The fraction of sp³-hybridized carbons (Fsp3) is 0.600. The minimum Gasteiger partial charge on any atom is -0.381 e. The maximum Gasteiger partial charge on any atom is 0.223 e.